The minimum atomic E-state index is -0.630. The van der Waals surface area contributed by atoms with E-state index in [1.165, 1.54) is 0 Å². The van der Waals surface area contributed by atoms with Gasteiger partial charge in [-0.2, -0.15) is 0 Å². The van der Waals surface area contributed by atoms with Gasteiger partial charge in [-0.25, -0.2) is 4.79 Å². The maximum Gasteiger partial charge on any atom is 0.360 e. The molecule has 2 N–H and O–H groups in total. The Labute approximate surface area is 220 Å². The number of fused-ring (bicyclic) bond motifs is 1. The van der Waals surface area contributed by atoms with E-state index < -0.39 is 11.5 Å². The van der Waals surface area contributed by atoms with E-state index in [0.717, 1.165) is 42.6 Å². The van der Waals surface area contributed by atoms with Gasteiger partial charge < -0.3 is 29.3 Å². The molecule has 38 heavy (non-hydrogen) atoms. The van der Waals surface area contributed by atoms with Gasteiger partial charge in [-0.05, 0) is 86.9 Å². The Morgan fingerprint density at radius 3 is 2.53 bits per heavy atom. The van der Waals surface area contributed by atoms with Gasteiger partial charge in [0.25, 0.3) is 5.91 Å². The van der Waals surface area contributed by atoms with Gasteiger partial charge in [-0.1, -0.05) is 12.1 Å². The molecule has 1 aromatic heterocycles. The van der Waals surface area contributed by atoms with Crippen molar-refractivity contribution < 1.29 is 23.4 Å². The lowest BCUT2D eigenvalue weighted by Crippen LogP contribution is -2.34. The van der Waals surface area contributed by atoms with Gasteiger partial charge in [0.1, 0.15) is 34.6 Å². The molecule has 1 saturated heterocycles. The molecule has 0 saturated carbocycles. The number of hydrogen-bond donors (Lipinski definition) is 2. The van der Waals surface area contributed by atoms with Crippen LogP contribution in [0.15, 0.2) is 69.9 Å². The van der Waals surface area contributed by atoms with Gasteiger partial charge in [0, 0.05) is 22.1 Å². The number of anilines is 1. The summed E-state index contributed by atoms with van der Waals surface area (Å²) in [5, 5.41) is 6.73. The minimum absolute atomic E-state index is 0.0627. The van der Waals surface area contributed by atoms with Gasteiger partial charge in [0.2, 0.25) is 0 Å². The Hall–Kier alpha value is -4.30. The fraction of sp³-hybridized carbons (Fsp3) is 0.267. The Morgan fingerprint density at radius 2 is 1.76 bits per heavy atom. The first-order valence-corrected chi connectivity index (χ1v) is 12.6. The minimum Gasteiger partial charge on any atom is -0.497 e. The molecule has 196 valence electrons. The molecule has 0 radical (unpaired) electrons. The van der Waals surface area contributed by atoms with Crippen molar-refractivity contribution in [3.63, 3.8) is 0 Å². The van der Waals surface area contributed by atoms with Crippen LogP contribution >= 0.6 is 0 Å². The molecule has 0 bridgehead atoms. The lowest BCUT2D eigenvalue weighted by atomic mass is 10.0. The van der Waals surface area contributed by atoms with E-state index in [2.05, 4.69) is 10.6 Å². The molecule has 0 aliphatic carbocycles. The number of piperidine rings is 1. The molecule has 8 nitrogen and oxygen atoms in total. The first kappa shape index (κ1) is 25.4. The van der Waals surface area contributed by atoms with Crippen molar-refractivity contribution in [2.75, 3.05) is 32.6 Å². The average molecular weight is 515 g/mol. The van der Waals surface area contributed by atoms with Crippen molar-refractivity contribution in [2.45, 2.75) is 25.9 Å². The number of ether oxygens (including phenoxy) is 3. The molecule has 1 amide bonds. The third-order valence-electron chi connectivity index (χ3n) is 6.77. The fourth-order valence-corrected chi connectivity index (χ4v) is 4.67. The third kappa shape index (κ3) is 5.21. The molecule has 4 aromatic rings. The number of carbonyl (C=O) groups is 1. The van der Waals surface area contributed by atoms with Crippen LogP contribution in [-0.4, -0.2) is 39.3 Å². The normalized spacial score (nSPS) is 13.8. The first-order chi connectivity index (χ1) is 18.5. The number of methoxy groups -OCH3 is 2. The van der Waals surface area contributed by atoms with Crippen LogP contribution in [0.2, 0.25) is 0 Å². The number of nitrogens with one attached hydrogen (secondary N) is 2. The Bertz CT molecular complexity index is 1540. The van der Waals surface area contributed by atoms with Crippen LogP contribution in [0, 0.1) is 6.92 Å². The summed E-state index contributed by atoms with van der Waals surface area (Å²) in [6.07, 6.45) is 1.98. The van der Waals surface area contributed by atoms with Crippen molar-refractivity contribution in [1.82, 2.24) is 5.32 Å². The van der Waals surface area contributed by atoms with E-state index in [1.54, 1.807) is 38.5 Å². The van der Waals surface area contributed by atoms with Crippen LogP contribution in [0.1, 0.15) is 28.8 Å². The third-order valence-corrected chi connectivity index (χ3v) is 6.77. The summed E-state index contributed by atoms with van der Waals surface area (Å²) < 4.78 is 22.7. The summed E-state index contributed by atoms with van der Waals surface area (Å²) in [4.78, 5) is 26.0. The maximum absolute atomic E-state index is 13.2. The highest BCUT2D eigenvalue weighted by Crippen LogP contribution is 2.33. The highest BCUT2D eigenvalue weighted by Gasteiger charge is 2.19. The molecule has 0 spiro atoms. The van der Waals surface area contributed by atoms with Crippen molar-refractivity contribution in [1.29, 1.82) is 0 Å². The Kier molecular flexibility index (Phi) is 7.33. The van der Waals surface area contributed by atoms with E-state index >= 15 is 0 Å². The Morgan fingerprint density at radius 1 is 0.974 bits per heavy atom. The smallest absolute Gasteiger partial charge is 0.360 e. The van der Waals surface area contributed by atoms with Crippen LogP contribution in [-0.2, 0) is 0 Å². The van der Waals surface area contributed by atoms with Crippen LogP contribution in [0.5, 0.6) is 17.2 Å². The lowest BCUT2D eigenvalue weighted by molar-refractivity contribution is 0.102. The number of rotatable bonds is 7. The molecule has 3 aromatic carbocycles. The number of hydrogen-bond acceptors (Lipinski definition) is 7. The van der Waals surface area contributed by atoms with E-state index in [0.29, 0.717) is 33.8 Å². The first-order valence-electron chi connectivity index (χ1n) is 12.6. The Balaban J connectivity index is 1.41. The maximum atomic E-state index is 13.2. The number of benzene rings is 3. The zero-order valence-corrected chi connectivity index (χ0v) is 21.6. The SMILES string of the molecule is COc1cccc(-c2cc(C(=O)Nc3cc4ccc(OC5CCNCC5)c(C)c4oc3=O)ccc2OC)c1. The fourth-order valence-electron chi connectivity index (χ4n) is 4.67. The quantitative estimate of drug-likeness (QED) is 0.328. The van der Waals surface area contributed by atoms with Gasteiger partial charge >= 0.3 is 5.63 Å². The van der Waals surface area contributed by atoms with E-state index in [4.69, 9.17) is 18.6 Å². The summed E-state index contributed by atoms with van der Waals surface area (Å²) >= 11 is 0. The van der Waals surface area contributed by atoms with Crippen LogP contribution in [0.25, 0.3) is 22.1 Å². The molecule has 0 unspecified atom stereocenters. The predicted molar refractivity (Wildman–Crippen MR) is 147 cm³/mol. The number of aryl methyl sites for hydroxylation is 1. The van der Waals surface area contributed by atoms with Gasteiger partial charge in [0.05, 0.1) is 14.2 Å². The van der Waals surface area contributed by atoms with E-state index in [9.17, 15) is 9.59 Å². The summed E-state index contributed by atoms with van der Waals surface area (Å²) in [5.74, 6) is 1.56. The summed E-state index contributed by atoms with van der Waals surface area (Å²) in [6.45, 7) is 3.72. The predicted octanol–water partition coefficient (Wildman–Crippen LogP) is 5.17. The lowest BCUT2D eigenvalue weighted by Gasteiger charge is -2.24. The zero-order valence-electron chi connectivity index (χ0n) is 21.6. The van der Waals surface area contributed by atoms with Crippen LogP contribution in [0.3, 0.4) is 0 Å². The second-order valence-electron chi connectivity index (χ2n) is 9.22. The molecule has 2 heterocycles. The van der Waals surface area contributed by atoms with Gasteiger partial charge in [-0.15, -0.1) is 0 Å². The zero-order chi connectivity index (χ0) is 26.6. The van der Waals surface area contributed by atoms with Crippen LogP contribution in [0.4, 0.5) is 5.69 Å². The highest BCUT2D eigenvalue weighted by molar-refractivity contribution is 6.05. The molecular formula is C30H30N2O6. The highest BCUT2D eigenvalue weighted by atomic mass is 16.5. The molecule has 1 aliphatic heterocycles. The summed E-state index contributed by atoms with van der Waals surface area (Å²) in [5.41, 5.74) is 2.56. The van der Waals surface area contributed by atoms with Crippen molar-refractivity contribution in [3.8, 4) is 28.4 Å². The molecular weight excluding hydrogens is 484 g/mol. The molecule has 1 fully saturated rings. The number of carbonyl (C=O) groups excluding carboxylic acids is 1. The van der Waals surface area contributed by atoms with Crippen molar-refractivity contribution in [2.24, 2.45) is 0 Å². The van der Waals surface area contributed by atoms with Crippen molar-refractivity contribution in [3.05, 3.63) is 82.2 Å². The van der Waals surface area contributed by atoms with E-state index in [-0.39, 0.29) is 11.8 Å². The van der Waals surface area contributed by atoms with E-state index in [1.807, 2.05) is 43.3 Å². The van der Waals surface area contributed by atoms with Crippen molar-refractivity contribution >= 4 is 22.6 Å². The summed E-state index contributed by atoms with van der Waals surface area (Å²) in [6, 6.07) is 17.9. The summed E-state index contributed by atoms with van der Waals surface area (Å²) in [7, 11) is 3.17. The molecule has 8 heteroatoms. The standard InChI is InChI=1S/C30H30N2O6/c1-18-26(37-22-11-13-31-14-12-22)9-7-20-17-25(30(34)38-28(18)20)32-29(33)21-8-10-27(36-3)24(16-21)19-5-4-6-23(15-19)35-2/h4-10,15-17,22,31H,11-14H2,1-3H3,(H,32,33). The largest absolute Gasteiger partial charge is 0.497 e. The van der Waals surface area contributed by atoms with Gasteiger partial charge in [-0.3, -0.25) is 4.79 Å². The molecule has 0 atom stereocenters. The topological polar surface area (TPSA) is 99.0 Å². The second kappa shape index (κ2) is 11.0. The van der Waals surface area contributed by atoms with Gasteiger partial charge in [0.15, 0.2) is 0 Å². The molecule has 5 rings (SSSR count). The second-order valence-corrected chi connectivity index (χ2v) is 9.22. The average Bonchev–Trinajstić information content (AvgIpc) is 2.95. The molecule has 1 aliphatic rings. The number of amides is 1. The van der Waals surface area contributed by atoms with Crippen LogP contribution < -0.4 is 30.5 Å². The monoisotopic (exact) mass is 514 g/mol.